The molecule has 4 heteroatoms. The minimum atomic E-state index is -0.104. The smallest absolute Gasteiger partial charge is 0.230 e. The molecule has 1 saturated heterocycles. The zero-order chi connectivity index (χ0) is 15.8. The molecule has 0 bridgehead atoms. The van der Waals surface area contributed by atoms with Crippen LogP contribution in [0.3, 0.4) is 0 Å². The standard InChI is InChI=1S/C19H16N2O2/c22-18-9-10-19(23)21(18)12-17-15-7-3-1-5-13(15)11-14-6-2-4-8-16(14)20-17/h1-8H,9-12H2. The lowest BCUT2D eigenvalue weighted by Crippen LogP contribution is -2.34. The molecule has 0 radical (unpaired) electrons. The van der Waals surface area contributed by atoms with E-state index < -0.39 is 0 Å². The molecule has 0 unspecified atom stereocenters. The molecule has 0 spiro atoms. The molecule has 2 heterocycles. The van der Waals surface area contributed by atoms with Crippen LogP contribution in [0.4, 0.5) is 5.69 Å². The normalized spacial score (nSPS) is 16.7. The van der Waals surface area contributed by atoms with Crippen LogP contribution in [-0.2, 0) is 16.0 Å². The molecule has 2 aliphatic heterocycles. The van der Waals surface area contributed by atoms with E-state index >= 15 is 0 Å². The van der Waals surface area contributed by atoms with Crippen LogP contribution in [0.5, 0.6) is 0 Å². The predicted octanol–water partition coefficient (Wildman–Crippen LogP) is 2.86. The Hall–Kier alpha value is -2.75. The lowest BCUT2D eigenvalue weighted by Gasteiger charge is -2.16. The maximum absolute atomic E-state index is 12.0. The van der Waals surface area contributed by atoms with Crippen molar-refractivity contribution in [1.82, 2.24) is 4.90 Å². The highest BCUT2D eigenvalue weighted by Crippen LogP contribution is 2.29. The Bertz CT molecular complexity index is 823. The van der Waals surface area contributed by atoms with Gasteiger partial charge in [0.05, 0.1) is 17.9 Å². The predicted molar refractivity (Wildman–Crippen MR) is 87.8 cm³/mol. The van der Waals surface area contributed by atoms with Crippen LogP contribution in [0, 0.1) is 0 Å². The summed E-state index contributed by atoms with van der Waals surface area (Å²) < 4.78 is 0. The van der Waals surface area contributed by atoms with Gasteiger partial charge in [-0.25, -0.2) is 0 Å². The van der Waals surface area contributed by atoms with E-state index in [0.717, 1.165) is 28.9 Å². The number of carbonyl (C=O) groups excluding carboxylic acids is 2. The molecule has 23 heavy (non-hydrogen) atoms. The van der Waals surface area contributed by atoms with Crippen molar-refractivity contribution in [2.75, 3.05) is 6.54 Å². The number of hydrogen-bond acceptors (Lipinski definition) is 3. The third kappa shape index (κ3) is 2.46. The van der Waals surface area contributed by atoms with Gasteiger partial charge in [0.15, 0.2) is 0 Å². The number of para-hydroxylation sites is 1. The van der Waals surface area contributed by atoms with Gasteiger partial charge in [0, 0.05) is 24.8 Å². The summed E-state index contributed by atoms with van der Waals surface area (Å²) in [5.74, 6) is -0.208. The molecule has 0 saturated carbocycles. The lowest BCUT2D eigenvalue weighted by molar-refractivity contribution is -0.137. The molecule has 4 nitrogen and oxygen atoms in total. The second kappa shape index (κ2) is 5.47. The fraction of sp³-hybridized carbons (Fsp3) is 0.211. The number of amides is 2. The van der Waals surface area contributed by atoms with Crippen LogP contribution in [0.2, 0.25) is 0 Å². The van der Waals surface area contributed by atoms with Crippen molar-refractivity contribution in [3.05, 3.63) is 65.2 Å². The summed E-state index contributed by atoms with van der Waals surface area (Å²) in [5, 5.41) is 0. The molecule has 114 valence electrons. The highest BCUT2D eigenvalue weighted by molar-refractivity contribution is 6.11. The Labute approximate surface area is 134 Å². The number of hydrogen-bond donors (Lipinski definition) is 0. The zero-order valence-electron chi connectivity index (χ0n) is 12.7. The van der Waals surface area contributed by atoms with Gasteiger partial charge in [-0.3, -0.25) is 19.5 Å². The molecule has 2 aromatic carbocycles. The Morgan fingerprint density at radius 2 is 1.52 bits per heavy atom. The average Bonchev–Trinajstić information content (AvgIpc) is 2.80. The zero-order valence-corrected chi connectivity index (χ0v) is 12.7. The Morgan fingerprint density at radius 1 is 0.870 bits per heavy atom. The highest BCUT2D eigenvalue weighted by atomic mass is 16.2. The maximum Gasteiger partial charge on any atom is 0.230 e. The van der Waals surface area contributed by atoms with Gasteiger partial charge in [-0.2, -0.15) is 0 Å². The second-order valence-corrected chi connectivity index (χ2v) is 5.89. The van der Waals surface area contributed by atoms with E-state index in [4.69, 9.17) is 4.99 Å². The van der Waals surface area contributed by atoms with Crippen molar-refractivity contribution < 1.29 is 9.59 Å². The summed E-state index contributed by atoms with van der Waals surface area (Å²) in [7, 11) is 0. The van der Waals surface area contributed by atoms with E-state index in [1.807, 2.05) is 36.4 Å². The lowest BCUT2D eigenvalue weighted by atomic mass is 9.98. The first-order chi connectivity index (χ1) is 11.2. The van der Waals surface area contributed by atoms with Gasteiger partial charge in [0.1, 0.15) is 0 Å². The number of aliphatic imine (C=N–C) groups is 1. The van der Waals surface area contributed by atoms with E-state index in [2.05, 4.69) is 12.1 Å². The number of nitrogens with zero attached hydrogens (tertiary/aromatic N) is 2. The third-order valence-corrected chi connectivity index (χ3v) is 4.42. The minimum absolute atomic E-state index is 0.104. The number of imide groups is 1. The molecule has 1 fully saturated rings. The molecular formula is C19H16N2O2. The number of benzene rings is 2. The number of fused-ring (bicyclic) bond motifs is 2. The SMILES string of the molecule is O=C1CCC(=O)N1CC1=Nc2ccccc2Cc2ccccc21. The van der Waals surface area contributed by atoms with Crippen LogP contribution in [-0.4, -0.2) is 29.0 Å². The van der Waals surface area contributed by atoms with E-state index in [1.54, 1.807) is 0 Å². The largest absolute Gasteiger partial charge is 0.277 e. The van der Waals surface area contributed by atoms with Crippen LogP contribution in [0.15, 0.2) is 53.5 Å². The number of carbonyl (C=O) groups is 2. The monoisotopic (exact) mass is 304 g/mol. The van der Waals surface area contributed by atoms with Crippen molar-refractivity contribution in [3.63, 3.8) is 0 Å². The summed E-state index contributed by atoms with van der Waals surface area (Å²) in [4.78, 5) is 30.0. The van der Waals surface area contributed by atoms with Gasteiger partial charge in [0.25, 0.3) is 0 Å². The Morgan fingerprint density at radius 3 is 2.30 bits per heavy atom. The molecule has 4 rings (SSSR count). The first-order valence-corrected chi connectivity index (χ1v) is 7.79. The quantitative estimate of drug-likeness (QED) is 0.801. The van der Waals surface area contributed by atoms with Crippen LogP contribution in [0.25, 0.3) is 0 Å². The van der Waals surface area contributed by atoms with Crippen molar-refractivity contribution in [2.24, 2.45) is 4.99 Å². The maximum atomic E-state index is 12.0. The minimum Gasteiger partial charge on any atom is -0.277 e. The fourth-order valence-electron chi connectivity index (χ4n) is 3.21. The molecule has 2 amide bonds. The summed E-state index contributed by atoms with van der Waals surface area (Å²) in [6, 6.07) is 16.1. The molecule has 0 N–H and O–H groups in total. The van der Waals surface area contributed by atoms with Crippen molar-refractivity contribution in [3.8, 4) is 0 Å². The second-order valence-electron chi connectivity index (χ2n) is 5.89. The molecule has 2 aliphatic rings. The summed E-state index contributed by atoms with van der Waals surface area (Å²) in [5.41, 5.74) is 5.06. The molecular weight excluding hydrogens is 288 g/mol. The van der Waals surface area contributed by atoms with E-state index in [0.29, 0.717) is 12.8 Å². The molecule has 2 aromatic rings. The fourth-order valence-corrected chi connectivity index (χ4v) is 3.21. The Kier molecular flexibility index (Phi) is 3.30. The van der Waals surface area contributed by atoms with Gasteiger partial charge < -0.3 is 0 Å². The van der Waals surface area contributed by atoms with Gasteiger partial charge in [0.2, 0.25) is 11.8 Å². The Balaban J connectivity index is 1.81. The van der Waals surface area contributed by atoms with Gasteiger partial charge in [-0.1, -0.05) is 42.5 Å². The topological polar surface area (TPSA) is 49.7 Å². The molecule has 0 aromatic heterocycles. The van der Waals surface area contributed by atoms with Gasteiger partial charge in [-0.05, 0) is 17.2 Å². The average molecular weight is 304 g/mol. The van der Waals surface area contributed by atoms with Crippen LogP contribution in [0.1, 0.15) is 29.5 Å². The van der Waals surface area contributed by atoms with E-state index in [-0.39, 0.29) is 18.4 Å². The third-order valence-electron chi connectivity index (χ3n) is 4.42. The van der Waals surface area contributed by atoms with Crippen molar-refractivity contribution in [2.45, 2.75) is 19.3 Å². The van der Waals surface area contributed by atoms with E-state index in [9.17, 15) is 9.59 Å². The molecule has 0 aliphatic carbocycles. The van der Waals surface area contributed by atoms with Crippen molar-refractivity contribution >= 4 is 23.2 Å². The number of rotatable bonds is 2. The summed E-state index contributed by atoms with van der Waals surface area (Å²) >= 11 is 0. The van der Waals surface area contributed by atoms with E-state index in [1.165, 1.54) is 10.5 Å². The molecule has 0 atom stereocenters. The van der Waals surface area contributed by atoms with Crippen molar-refractivity contribution in [1.29, 1.82) is 0 Å². The van der Waals surface area contributed by atoms with Gasteiger partial charge >= 0.3 is 0 Å². The first kappa shape index (κ1) is 13.9. The van der Waals surface area contributed by atoms with Crippen LogP contribution >= 0.6 is 0 Å². The van der Waals surface area contributed by atoms with Crippen LogP contribution < -0.4 is 0 Å². The summed E-state index contributed by atoms with van der Waals surface area (Å²) in [6.07, 6.45) is 1.43. The highest BCUT2D eigenvalue weighted by Gasteiger charge is 2.31. The summed E-state index contributed by atoms with van der Waals surface area (Å²) in [6.45, 7) is 0.253. The number of likely N-dealkylation sites (tertiary alicyclic amines) is 1. The first-order valence-electron chi connectivity index (χ1n) is 7.79. The van der Waals surface area contributed by atoms with Gasteiger partial charge in [-0.15, -0.1) is 0 Å².